The van der Waals surface area contributed by atoms with Gasteiger partial charge < -0.3 is 0 Å². The van der Waals surface area contributed by atoms with E-state index >= 15 is 0 Å². The molecule has 0 aromatic rings. The first-order chi connectivity index (χ1) is 6.02. The van der Waals surface area contributed by atoms with Gasteiger partial charge in [0.15, 0.2) is 0 Å². The summed E-state index contributed by atoms with van der Waals surface area (Å²) in [6, 6.07) is 0. The highest BCUT2D eigenvalue weighted by Crippen LogP contribution is 2.13. The van der Waals surface area contributed by atoms with Crippen LogP contribution in [0.15, 0.2) is 12.2 Å². The maximum atomic E-state index is 2.37. The molecule has 0 heteroatoms. The topological polar surface area (TPSA) is 0 Å². The lowest BCUT2D eigenvalue weighted by Gasteiger charge is -2.08. The Morgan fingerprint density at radius 3 is 1.92 bits per heavy atom. The van der Waals surface area contributed by atoms with Gasteiger partial charge in [0.1, 0.15) is 0 Å². The van der Waals surface area contributed by atoms with Crippen LogP contribution in [0, 0.1) is 17.8 Å². The Morgan fingerprint density at radius 1 is 0.846 bits per heavy atom. The fraction of sp³-hybridized carbons (Fsp3) is 0.846. The molecule has 0 radical (unpaired) electrons. The van der Waals surface area contributed by atoms with Crippen LogP contribution in [0.5, 0.6) is 0 Å². The maximum Gasteiger partial charge on any atom is -0.0262 e. The van der Waals surface area contributed by atoms with Crippen molar-refractivity contribution in [1.29, 1.82) is 0 Å². The van der Waals surface area contributed by atoms with E-state index in [9.17, 15) is 0 Å². The molecule has 1 atom stereocenters. The molecule has 0 saturated heterocycles. The summed E-state index contributed by atoms with van der Waals surface area (Å²) in [6.07, 6.45) is 8.79. The maximum absolute atomic E-state index is 2.37. The van der Waals surface area contributed by atoms with Crippen LogP contribution in [0.25, 0.3) is 0 Å². The molecular formula is C13H26. The Morgan fingerprint density at radius 2 is 1.46 bits per heavy atom. The molecule has 0 unspecified atom stereocenters. The molecule has 0 bridgehead atoms. The molecule has 0 aliphatic rings. The van der Waals surface area contributed by atoms with Gasteiger partial charge in [0.2, 0.25) is 0 Å². The zero-order chi connectivity index (χ0) is 10.3. The number of rotatable bonds is 6. The fourth-order valence-electron chi connectivity index (χ4n) is 1.36. The summed E-state index contributed by atoms with van der Waals surface area (Å²) in [7, 11) is 0. The van der Waals surface area contributed by atoms with Gasteiger partial charge in [0, 0.05) is 0 Å². The normalized spacial score (nSPS) is 14.7. The Balaban J connectivity index is 3.45. The zero-order valence-corrected chi connectivity index (χ0v) is 10.0. The minimum absolute atomic E-state index is 0.701. The van der Waals surface area contributed by atoms with Crippen molar-refractivity contribution in [2.45, 2.75) is 53.9 Å². The average Bonchev–Trinajstić information content (AvgIpc) is 2.00. The second-order valence-electron chi connectivity index (χ2n) is 4.93. The van der Waals surface area contributed by atoms with Crippen molar-refractivity contribution < 1.29 is 0 Å². The number of allylic oxidation sites excluding steroid dienone is 2. The van der Waals surface area contributed by atoms with Gasteiger partial charge in [-0.05, 0) is 24.2 Å². The van der Waals surface area contributed by atoms with Crippen molar-refractivity contribution in [3.05, 3.63) is 12.2 Å². The SMILES string of the molecule is CC(C)/C=C/[C@H](C)CCCC(C)C. The highest BCUT2D eigenvalue weighted by Gasteiger charge is 1.99. The third-order valence-corrected chi connectivity index (χ3v) is 2.27. The molecule has 0 saturated carbocycles. The van der Waals surface area contributed by atoms with E-state index in [1.807, 2.05) is 0 Å². The van der Waals surface area contributed by atoms with E-state index in [4.69, 9.17) is 0 Å². The predicted octanol–water partition coefficient (Wildman–Crippen LogP) is 4.66. The van der Waals surface area contributed by atoms with Gasteiger partial charge in [-0.25, -0.2) is 0 Å². The lowest BCUT2D eigenvalue weighted by Crippen LogP contribution is -1.93. The first-order valence-electron chi connectivity index (χ1n) is 5.70. The molecule has 0 N–H and O–H groups in total. The molecule has 0 aliphatic heterocycles. The number of hydrogen-bond donors (Lipinski definition) is 0. The van der Waals surface area contributed by atoms with Crippen LogP contribution in [-0.4, -0.2) is 0 Å². The van der Waals surface area contributed by atoms with Gasteiger partial charge in [0.25, 0.3) is 0 Å². The van der Waals surface area contributed by atoms with Crippen molar-refractivity contribution in [1.82, 2.24) is 0 Å². The van der Waals surface area contributed by atoms with E-state index in [2.05, 4.69) is 46.8 Å². The van der Waals surface area contributed by atoms with Crippen molar-refractivity contribution >= 4 is 0 Å². The first kappa shape index (κ1) is 12.7. The van der Waals surface area contributed by atoms with Crippen LogP contribution in [-0.2, 0) is 0 Å². The predicted molar refractivity (Wildman–Crippen MR) is 61.8 cm³/mol. The zero-order valence-electron chi connectivity index (χ0n) is 10.0. The monoisotopic (exact) mass is 182 g/mol. The van der Waals surface area contributed by atoms with E-state index in [0.717, 1.165) is 11.8 Å². The summed E-state index contributed by atoms with van der Waals surface area (Å²) in [5, 5.41) is 0. The molecule has 0 aliphatic carbocycles. The molecule has 0 heterocycles. The van der Waals surface area contributed by atoms with Gasteiger partial charge in [-0.1, -0.05) is 59.6 Å². The van der Waals surface area contributed by atoms with Crippen LogP contribution >= 0.6 is 0 Å². The summed E-state index contributed by atoms with van der Waals surface area (Å²) in [4.78, 5) is 0. The molecule has 0 aromatic carbocycles. The van der Waals surface area contributed by atoms with E-state index in [1.165, 1.54) is 19.3 Å². The van der Waals surface area contributed by atoms with Crippen LogP contribution in [0.4, 0.5) is 0 Å². The highest BCUT2D eigenvalue weighted by atomic mass is 14.0. The van der Waals surface area contributed by atoms with Crippen LogP contribution in [0.2, 0.25) is 0 Å². The van der Waals surface area contributed by atoms with Crippen molar-refractivity contribution in [2.75, 3.05) is 0 Å². The van der Waals surface area contributed by atoms with Crippen molar-refractivity contribution in [3.63, 3.8) is 0 Å². The lowest BCUT2D eigenvalue weighted by molar-refractivity contribution is 0.500. The van der Waals surface area contributed by atoms with Crippen molar-refractivity contribution in [2.24, 2.45) is 17.8 Å². The molecule has 78 valence electrons. The van der Waals surface area contributed by atoms with Gasteiger partial charge in [-0.2, -0.15) is 0 Å². The molecule has 13 heavy (non-hydrogen) atoms. The third-order valence-electron chi connectivity index (χ3n) is 2.27. The van der Waals surface area contributed by atoms with Gasteiger partial charge in [-0.3, -0.25) is 0 Å². The minimum atomic E-state index is 0.701. The summed E-state index contributed by atoms with van der Waals surface area (Å²) < 4.78 is 0. The van der Waals surface area contributed by atoms with E-state index in [1.54, 1.807) is 0 Å². The quantitative estimate of drug-likeness (QED) is 0.524. The summed E-state index contributed by atoms with van der Waals surface area (Å²) in [5.41, 5.74) is 0. The van der Waals surface area contributed by atoms with Crippen molar-refractivity contribution in [3.8, 4) is 0 Å². The van der Waals surface area contributed by atoms with Crippen LogP contribution in [0.3, 0.4) is 0 Å². The Hall–Kier alpha value is -0.260. The second kappa shape index (κ2) is 7.17. The van der Waals surface area contributed by atoms with Gasteiger partial charge >= 0.3 is 0 Å². The number of hydrogen-bond acceptors (Lipinski definition) is 0. The van der Waals surface area contributed by atoms with Crippen LogP contribution < -0.4 is 0 Å². The first-order valence-corrected chi connectivity index (χ1v) is 5.70. The van der Waals surface area contributed by atoms with E-state index in [-0.39, 0.29) is 0 Å². The Kier molecular flexibility index (Phi) is 7.03. The summed E-state index contributed by atoms with van der Waals surface area (Å²) in [6.45, 7) is 11.4. The molecule has 0 spiro atoms. The minimum Gasteiger partial charge on any atom is -0.0857 e. The fourth-order valence-corrected chi connectivity index (χ4v) is 1.36. The van der Waals surface area contributed by atoms with E-state index in [0.29, 0.717) is 5.92 Å². The standard InChI is InChI=1S/C13H26/c1-11(2)7-6-8-13(5)10-9-12(3)4/h9-13H,6-8H2,1-5H3/b10-9+/t13-/m1/s1. The molecule has 0 rings (SSSR count). The van der Waals surface area contributed by atoms with E-state index < -0.39 is 0 Å². The second-order valence-corrected chi connectivity index (χ2v) is 4.93. The van der Waals surface area contributed by atoms with Gasteiger partial charge in [0.05, 0.1) is 0 Å². The largest absolute Gasteiger partial charge is 0.0857 e. The smallest absolute Gasteiger partial charge is 0.0262 e. The average molecular weight is 182 g/mol. The molecule has 0 amide bonds. The van der Waals surface area contributed by atoms with Gasteiger partial charge in [-0.15, -0.1) is 0 Å². The Bertz CT molecular complexity index is 131. The third kappa shape index (κ3) is 9.66. The molecular weight excluding hydrogens is 156 g/mol. The Labute approximate surface area is 84.4 Å². The summed E-state index contributed by atoms with van der Waals surface area (Å²) in [5.74, 6) is 2.33. The molecule has 0 aromatic heterocycles. The summed E-state index contributed by atoms with van der Waals surface area (Å²) >= 11 is 0. The molecule has 0 nitrogen and oxygen atoms in total. The lowest BCUT2D eigenvalue weighted by atomic mass is 9.98. The highest BCUT2D eigenvalue weighted by molar-refractivity contribution is 4.88. The van der Waals surface area contributed by atoms with Crippen LogP contribution in [0.1, 0.15) is 53.9 Å². The molecule has 0 fully saturated rings.